The molecule has 2 saturated heterocycles. The van der Waals surface area contributed by atoms with Crippen molar-refractivity contribution in [2.75, 3.05) is 13.1 Å². The fraction of sp³-hybridized carbons (Fsp3) is 0.458. The van der Waals surface area contributed by atoms with Crippen LogP contribution in [0, 0.1) is 11.6 Å². The van der Waals surface area contributed by atoms with Crippen LogP contribution >= 0.6 is 0 Å². The van der Waals surface area contributed by atoms with Crippen molar-refractivity contribution in [3.05, 3.63) is 76.6 Å². The smallest absolute Gasteiger partial charge is 0.412 e. The van der Waals surface area contributed by atoms with Crippen molar-refractivity contribution in [1.82, 2.24) is 30.4 Å². The predicted octanol–water partition coefficient (Wildman–Crippen LogP) is 7.91. The van der Waals surface area contributed by atoms with E-state index in [9.17, 15) is 37.5 Å². The second-order valence-corrected chi connectivity index (χ2v) is 18.5. The predicted molar refractivity (Wildman–Crippen MR) is 241 cm³/mol. The first-order valence-electron chi connectivity index (χ1n) is 21.9. The molecule has 4 N–H and O–H groups in total. The van der Waals surface area contributed by atoms with Crippen LogP contribution in [0.3, 0.4) is 0 Å². The van der Waals surface area contributed by atoms with Crippen molar-refractivity contribution in [2.24, 2.45) is 0 Å². The summed E-state index contributed by atoms with van der Waals surface area (Å²) in [5, 5.41) is 6.37. The van der Waals surface area contributed by atoms with Gasteiger partial charge in [0.25, 0.3) is 5.91 Å². The van der Waals surface area contributed by atoms with E-state index in [1.165, 1.54) is 49.1 Å². The van der Waals surface area contributed by atoms with Crippen LogP contribution in [0.5, 0.6) is 0 Å². The highest BCUT2D eigenvalue weighted by atomic mass is 19.1. The lowest BCUT2D eigenvalue weighted by Gasteiger charge is -2.29. The van der Waals surface area contributed by atoms with Gasteiger partial charge in [0.05, 0.1) is 24.5 Å². The van der Waals surface area contributed by atoms with Crippen LogP contribution in [0.15, 0.2) is 53.9 Å². The number of esters is 2. The third-order valence-corrected chi connectivity index (χ3v) is 11.0. The first-order chi connectivity index (χ1) is 30.9. The van der Waals surface area contributed by atoms with E-state index in [0.717, 1.165) is 0 Å². The number of aromatic nitrogens is 2. The van der Waals surface area contributed by atoms with E-state index in [0.29, 0.717) is 50.0 Å². The zero-order valence-electron chi connectivity index (χ0n) is 38.9. The number of likely N-dealkylation sites (tertiary alicyclic amines) is 2. The topological polar surface area (TPSA) is 201 Å². The molecule has 4 amide bonds. The molecule has 4 heterocycles. The van der Waals surface area contributed by atoms with Crippen molar-refractivity contribution in [2.45, 2.75) is 130 Å². The first-order valence-corrected chi connectivity index (χ1v) is 21.9. The Bertz CT molecular complexity index is 2620. The summed E-state index contributed by atoms with van der Waals surface area (Å²) in [7, 11) is 0. The summed E-state index contributed by atoms with van der Waals surface area (Å²) in [5.74, 6) is -3.18. The third-order valence-electron chi connectivity index (χ3n) is 11.0. The van der Waals surface area contributed by atoms with Crippen molar-refractivity contribution in [1.29, 1.82) is 0 Å². The standard InChI is InChI=1S/C48H58F2N6O10/c1-11-37(53-45(61)65-47(5,6)7)43(59)55-23-31(63-25(3)57)19-29(55)21-35-33-15-13-27(49)17-39(33)51-41(35)42-36(34-16-14-28(50)18-40(34)52-42)22-30-20-32(64-26(4)58)24-56(30)44(60)38(12-2)54-46(62)66-48(8,9)10/h11,13-18,21,30-32,38,51-52H,12,19-20,22-24H2,1-10H3,(H,53,61)(H,54,62)/b29-21+,37-11-/t30-,31-,32-,38-/m0/s1. The molecule has 0 radical (unpaired) electrons. The number of carbonyl (C=O) groups excluding carboxylic acids is 6. The fourth-order valence-electron chi connectivity index (χ4n) is 8.44. The largest absolute Gasteiger partial charge is 0.461 e. The van der Waals surface area contributed by atoms with Gasteiger partial charge in [-0.15, -0.1) is 0 Å². The van der Waals surface area contributed by atoms with E-state index in [2.05, 4.69) is 20.6 Å². The summed E-state index contributed by atoms with van der Waals surface area (Å²) in [6.07, 6.45) is 0.783. The number of rotatable bonds is 11. The van der Waals surface area contributed by atoms with E-state index in [1.807, 2.05) is 0 Å². The number of H-pyrrole nitrogens is 2. The maximum atomic E-state index is 15.0. The molecule has 354 valence electrons. The number of hydrogen-bond acceptors (Lipinski definition) is 10. The van der Waals surface area contributed by atoms with Gasteiger partial charge in [0, 0.05) is 65.8 Å². The number of hydrogen-bond donors (Lipinski definition) is 4. The molecule has 66 heavy (non-hydrogen) atoms. The Kier molecular flexibility index (Phi) is 14.3. The van der Waals surface area contributed by atoms with Crippen LogP contribution in [0.4, 0.5) is 18.4 Å². The van der Waals surface area contributed by atoms with Crippen molar-refractivity contribution < 1.29 is 56.5 Å². The Labute approximate surface area is 381 Å². The summed E-state index contributed by atoms with van der Waals surface area (Å²) < 4.78 is 52.1. The van der Waals surface area contributed by atoms with Gasteiger partial charge in [-0.3, -0.25) is 24.5 Å². The number of carbonyl (C=O) groups is 6. The number of nitrogens with zero attached hydrogens (tertiary/aromatic N) is 2. The number of allylic oxidation sites excluding steroid dienone is 1. The molecule has 0 aliphatic carbocycles. The maximum Gasteiger partial charge on any atom is 0.412 e. The number of nitrogens with one attached hydrogen (secondary N) is 4. The Balaban J connectivity index is 1.48. The monoisotopic (exact) mass is 916 g/mol. The van der Waals surface area contributed by atoms with E-state index < -0.39 is 83.1 Å². The summed E-state index contributed by atoms with van der Waals surface area (Å²) in [6.45, 7) is 16.0. The minimum atomic E-state index is -0.980. The molecule has 0 unspecified atom stereocenters. The average Bonchev–Trinajstić information content (AvgIpc) is 3.96. The maximum absolute atomic E-state index is 15.0. The number of benzene rings is 2. The number of ether oxygens (including phenoxy) is 4. The molecular formula is C48H58F2N6O10. The van der Waals surface area contributed by atoms with E-state index in [-0.39, 0.29) is 44.5 Å². The van der Waals surface area contributed by atoms with Crippen molar-refractivity contribution in [3.63, 3.8) is 0 Å². The molecule has 2 aliphatic rings. The zero-order chi connectivity index (χ0) is 48.4. The molecule has 16 nitrogen and oxygen atoms in total. The van der Waals surface area contributed by atoms with Crippen molar-refractivity contribution >= 4 is 63.8 Å². The first kappa shape index (κ1) is 48.7. The molecule has 0 saturated carbocycles. The third kappa shape index (κ3) is 11.6. The number of amides is 4. The molecule has 0 bridgehead atoms. The van der Waals surface area contributed by atoms with Gasteiger partial charge in [-0.1, -0.05) is 13.0 Å². The van der Waals surface area contributed by atoms with Gasteiger partial charge in [-0.2, -0.15) is 0 Å². The molecule has 4 aromatic rings. The van der Waals surface area contributed by atoms with Gasteiger partial charge in [-0.25, -0.2) is 18.4 Å². The SMILES string of the molecule is C/C=C(\NC(=O)OC(C)(C)C)C(=O)N1C[C@@H](OC(C)=O)C/C1=C\c1c(-c2[nH]c3cc(F)ccc3c2C[C@@H]2C[C@H](OC(C)=O)CN2C(=O)[C@H](CC)NC(=O)OC(C)(C)C)[nH]c2cc(F)ccc12. The molecule has 2 aliphatic heterocycles. The summed E-state index contributed by atoms with van der Waals surface area (Å²) in [5.41, 5.74) is 1.42. The second-order valence-electron chi connectivity index (χ2n) is 18.5. The van der Waals surface area contributed by atoms with Crippen LogP contribution in [0.2, 0.25) is 0 Å². The number of aromatic amines is 2. The Morgan fingerprint density at radius 3 is 1.98 bits per heavy atom. The van der Waals surface area contributed by atoms with Crippen LogP contribution in [0.25, 0.3) is 39.3 Å². The van der Waals surface area contributed by atoms with Gasteiger partial charge in [0.15, 0.2) is 0 Å². The number of fused-ring (bicyclic) bond motifs is 2. The summed E-state index contributed by atoms with van der Waals surface area (Å²) in [4.78, 5) is 88.5. The lowest BCUT2D eigenvalue weighted by molar-refractivity contribution is -0.147. The molecule has 4 atom stereocenters. The number of alkyl carbamates (subject to hydrolysis) is 2. The van der Waals surface area contributed by atoms with Gasteiger partial charge < -0.3 is 44.0 Å². The van der Waals surface area contributed by atoms with Crippen LogP contribution in [-0.4, -0.2) is 104 Å². The minimum absolute atomic E-state index is 0.0370. The molecule has 18 heteroatoms. The molecular weight excluding hydrogens is 859 g/mol. The molecule has 0 spiro atoms. The highest BCUT2D eigenvalue weighted by Crippen LogP contribution is 2.40. The fourth-order valence-corrected chi connectivity index (χ4v) is 8.44. The van der Waals surface area contributed by atoms with Crippen LogP contribution < -0.4 is 10.6 Å². The minimum Gasteiger partial charge on any atom is -0.461 e. The lowest BCUT2D eigenvalue weighted by atomic mass is 9.97. The number of halogens is 2. The summed E-state index contributed by atoms with van der Waals surface area (Å²) in [6, 6.07) is 6.85. The Morgan fingerprint density at radius 2 is 1.39 bits per heavy atom. The summed E-state index contributed by atoms with van der Waals surface area (Å²) >= 11 is 0. The lowest BCUT2D eigenvalue weighted by Crippen LogP contribution is -2.51. The second kappa shape index (κ2) is 19.4. The quantitative estimate of drug-likeness (QED) is 0.0651. The zero-order valence-corrected chi connectivity index (χ0v) is 38.9. The van der Waals surface area contributed by atoms with E-state index in [1.54, 1.807) is 78.5 Å². The highest BCUT2D eigenvalue weighted by Gasteiger charge is 2.41. The molecule has 2 aromatic heterocycles. The van der Waals surface area contributed by atoms with Crippen LogP contribution in [-0.2, 0) is 44.5 Å². The van der Waals surface area contributed by atoms with Gasteiger partial charge in [0.1, 0.15) is 46.8 Å². The Hall–Kier alpha value is -6.72. The Morgan fingerprint density at radius 1 is 0.818 bits per heavy atom. The molecule has 2 aromatic carbocycles. The molecule has 2 fully saturated rings. The van der Waals surface area contributed by atoms with Gasteiger partial charge in [0.2, 0.25) is 5.91 Å². The average molecular weight is 917 g/mol. The van der Waals surface area contributed by atoms with E-state index in [4.69, 9.17) is 18.9 Å². The highest BCUT2D eigenvalue weighted by molar-refractivity contribution is 6.02. The van der Waals surface area contributed by atoms with Crippen LogP contribution in [0.1, 0.15) is 99.6 Å². The van der Waals surface area contributed by atoms with Crippen molar-refractivity contribution in [3.8, 4) is 11.4 Å². The van der Waals surface area contributed by atoms with E-state index >= 15 is 0 Å². The van der Waals surface area contributed by atoms with Gasteiger partial charge >= 0.3 is 24.1 Å². The normalized spacial score (nSPS) is 19.0. The molecule has 6 rings (SSSR count). The van der Waals surface area contributed by atoms with Gasteiger partial charge in [-0.05, 0) is 109 Å².